The molecular formula is C12H17NO4. The fraction of sp³-hybridized carbons (Fsp3) is 0.500. The molecule has 0 amide bonds. The lowest BCUT2D eigenvalue weighted by molar-refractivity contribution is -0.143. The molecule has 94 valence electrons. The van der Waals surface area contributed by atoms with Crippen LogP contribution in [0.2, 0.25) is 0 Å². The summed E-state index contributed by atoms with van der Waals surface area (Å²) >= 11 is 0. The Balaban J connectivity index is 2.87. The van der Waals surface area contributed by atoms with Gasteiger partial charge in [0.1, 0.15) is 6.04 Å². The molecule has 1 atom stereocenters. The zero-order valence-corrected chi connectivity index (χ0v) is 10.3. The first-order valence-corrected chi connectivity index (χ1v) is 5.41. The largest absolute Gasteiger partial charge is 0.480 e. The van der Waals surface area contributed by atoms with Gasteiger partial charge in [-0.3, -0.25) is 4.79 Å². The van der Waals surface area contributed by atoms with Gasteiger partial charge in [0.25, 0.3) is 0 Å². The Bertz CT molecular complexity index is 403. The predicted molar refractivity (Wildman–Crippen MR) is 61.8 cm³/mol. The molecule has 0 bridgehead atoms. The summed E-state index contributed by atoms with van der Waals surface area (Å²) in [6.45, 7) is 3.70. The summed E-state index contributed by atoms with van der Waals surface area (Å²) in [6, 6.07) is 3.01. The molecule has 0 aliphatic rings. The first kappa shape index (κ1) is 13.3. The van der Waals surface area contributed by atoms with Gasteiger partial charge in [-0.05, 0) is 32.4 Å². The van der Waals surface area contributed by atoms with Crippen molar-refractivity contribution < 1.29 is 19.4 Å². The fourth-order valence-electron chi connectivity index (χ4n) is 1.89. The number of carboxylic acid groups (broad SMARTS) is 1. The summed E-state index contributed by atoms with van der Waals surface area (Å²) in [7, 11) is 1.30. The Hall–Kier alpha value is -1.78. The van der Waals surface area contributed by atoms with Gasteiger partial charge in [-0.2, -0.15) is 0 Å². The monoisotopic (exact) mass is 239 g/mol. The molecule has 0 spiro atoms. The Morgan fingerprint density at radius 2 is 1.88 bits per heavy atom. The minimum atomic E-state index is -0.934. The first-order chi connectivity index (χ1) is 7.97. The zero-order chi connectivity index (χ0) is 13.0. The highest BCUT2D eigenvalue weighted by Crippen LogP contribution is 2.20. The van der Waals surface area contributed by atoms with E-state index in [0.29, 0.717) is 0 Å². The maximum absolute atomic E-state index is 11.2. The second-order valence-electron chi connectivity index (χ2n) is 3.95. The van der Waals surface area contributed by atoms with E-state index in [9.17, 15) is 14.7 Å². The van der Waals surface area contributed by atoms with Gasteiger partial charge in [0, 0.05) is 17.8 Å². The number of esters is 1. The highest BCUT2D eigenvalue weighted by Gasteiger charge is 2.22. The van der Waals surface area contributed by atoms with Gasteiger partial charge in [0.15, 0.2) is 0 Å². The van der Waals surface area contributed by atoms with Crippen LogP contribution in [0.5, 0.6) is 0 Å². The first-order valence-electron chi connectivity index (χ1n) is 5.41. The van der Waals surface area contributed by atoms with Crippen molar-refractivity contribution in [1.29, 1.82) is 0 Å². The van der Waals surface area contributed by atoms with Crippen LogP contribution in [-0.2, 0) is 14.3 Å². The highest BCUT2D eigenvalue weighted by molar-refractivity contribution is 5.74. The summed E-state index contributed by atoms with van der Waals surface area (Å²) in [4.78, 5) is 22.3. The molecule has 5 nitrogen and oxygen atoms in total. The number of carbonyl (C=O) groups excluding carboxylic acids is 1. The number of aromatic nitrogens is 1. The lowest BCUT2D eigenvalue weighted by atomic mass is 10.1. The molecule has 1 unspecified atom stereocenters. The molecule has 0 radical (unpaired) electrons. The van der Waals surface area contributed by atoms with Gasteiger partial charge < -0.3 is 14.4 Å². The number of hydrogen-bond acceptors (Lipinski definition) is 3. The third-order valence-corrected chi connectivity index (χ3v) is 2.77. The molecule has 1 aromatic heterocycles. The summed E-state index contributed by atoms with van der Waals surface area (Å²) in [6.07, 6.45) is 0.336. The van der Waals surface area contributed by atoms with Gasteiger partial charge >= 0.3 is 11.9 Å². The van der Waals surface area contributed by atoms with Crippen molar-refractivity contribution in [2.75, 3.05) is 7.11 Å². The molecule has 0 fully saturated rings. The Kier molecular flexibility index (Phi) is 4.31. The number of rotatable bonds is 5. The summed E-state index contributed by atoms with van der Waals surface area (Å²) < 4.78 is 6.24. The molecule has 1 rings (SSSR count). The number of aliphatic carboxylic acids is 1. The third-order valence-electron chi connectivity index (χ3n) is 2.77. The van der Waals surface area contributed by atoms with Crippen LogP contribution in [0.15, 0.2) is 12.1 Å². The predicted octanol–water partition coefficient (Wildman–Crippen LogP) is 1.68. The molecule has 0 saturated heterocycles. The van der Waals surface area contributed by atoms with Crippen LogP contribution in [0.25, 0.3) is 0 Å². The van der Waals surface area contributed by atoms with Gasteiger partial charge in [-0.25, -0.2) is 4.79 Å². The molecule has 1 N–H and O–H groups in total. The van der Waals surface area contributed by atoms with Crippen LogP contribution in [0.1, 0.15) is 30.3 Å². The van der Waals surface area contributed by atoms with Crippen molar-refractivity contribution in [2.24, 2.45) is 0 Å². The number of carboxylic acids is 1. The molecule has 17 heavy (non-hydrogen) atoms. The number of hydrogen-bond donors (Lipinski definition) is 1. The molecule has 5 heteroatoms. The van der Waals surface area contributed by atoms with Gasteiger partial charge in [0.05, 0.1) is 7.11 Å². The zero-order valence-electron chi connectivity index (χ0n) is 10.3. The van der Waals surface area contributed by atoms with Crippen LogP contribution < -0.4 is 0 Å². The SMILES string of the molecule is COC(=O)CCC(C(=O)O)n1c(C)ccc1C. The van der Waals surface area contributed by atoms with Crippen LogP contribution in [0, 0.1) is 13.8 Å². The number of carbonyl (C=O) groups is 2. The smallest absolute Gasteiger partial charge is 0.326 e. The van der Waals surface area contributed by atoms with Crippen molar-refractivity contribution in [2.45, 2.75) is 32.7 Å². The molecule has 0 aromatic carbocycles. The highest BCUT2D eigenvalue weighted by atomic mass is 16.5. The van der Waals surface area contributed by atoms with Crippen molar-refractivity contribution in [3.8, 4) is 0 Å². The Morgan fingerprint density at radius 3 is 2.29 bits per heavy atom. The van der Waals surface area contributed by atoms with Gasteiger partial charge in [-0.1, -0.05) is 0 Å². The second-order valence-corrected chi connectivity index (χ2v) is 3.95. The maximum Gasteiger partial charge on any atom is 0.326 e. The van der Waals surface area contributed by atoms with Crippen molar-refractivity contribution in [1.82, 2.24) is 4.57 Å². The minimum Gasteiger partial charge on any atom is -0.480 e. The number of nitrogens with zero attached hydrogens (tertiary/aromatic N) is 1. The standard InChI is InChI=1S/C12H17NO4/c1-8-4-5-9(2)13(8)10(12(15)16)6-7-11(14)17-3/h4-5,10H,6-7H2,1-3H3,(H,15,16). The quantitative estimate of drug-likeness (QED) is 0.794. The van der Waals surface area contributed by atoms with Crippen LogP contribution in [-0.4, -0.2) is 28.7 Å². The molecule has 0 aliphatic carbocycles. The van der Waals surface area contributed by atoms with E-state index in [1.54, 1.807) is 4.57 Å². The molecule has 0 aliphatic heterocycles. The lowest BCUT2D eigenvalue weighted by Crippen LogP contribution is -2.22. The van der Waals surface area contributed by atoms with Crippen LogP contribution >= 0.6 is 0 Å². The Labute approximate surface area is 100 Å². The maximum atomic E-state index is 11.2. The Morgan fingerprint density at radius 1 is 1.35 bits per heavy atom. The van der Waals surface area contributed by atoms with Crippen molar-refractivity contribution >= 4 is 11.9 Å². The normalized spacial score (nSPS) is 12.2. The van der Waals surface area contributed by atoms with E-state index in [1.807, 2.05) is 26.0 Å². The van der Waals surface area contributed by atoms with Gasteiger partial charge in [-0.15, -0.1) is 0 Å². The van der Waals surface area contributed by atoms with E-state index in [1.165, 1.54) is 7.11 Å². The van der Waals surface area contributed by atoms with E-state index in [-0.39, 0.29) is 12.8 Å². The fourth-order valence-corrected chi connectivity index (χ4v) is 1.89. The van der Waals surface area contributed by atoms with Gasteiger partial charge in [0.2, 0.25) is 0 Å². The summed E-state index contributed by atoms with van der Waals surface area (Å²) in [5.74, 6) is -1.32. The lowest BCUT2D eigenvalue weighted by Gasteiger charge is -2.18. The molecule has 0 saturated carbocycles. The number of ether oxygens (including phenoxy) is 1. The van der Waals surface area contributed by atoms with Crippen molar-refractivity contribution in [3.05, 3.63) is 23.5 Å². The second kappa shape index (κ2) is 5.52. The molecule has 1 aromatic rings. The van der Waals surface area contributed by atoms with Crippen LogP contribution in [0.3, 0.4) is 0 Å². The van der Waals surface area contributed by atoms with E-state index in [2.05, 4.69) is 4.74 Å². The average Bonchev–Trinajstić information content (AvgIpc) is 2.60. The summed E-state index contributed by atoms with van der Waals surface area (Å²) in [5.41, 5.74) is 1.75. The van der Waals surface area contributed by atoms with E-state index in [0.717, 1.165) is 11.4 Å². The van der Waals surface area contributed by atoms with E-state index in [4.69, 9.17) is 0 Å². The topological polar surface area (TPSA) is 68.5 Å². The number of aryl methyl sites for hydroxylation is 2. The van der Waals surface area contributed by atoms with E-state index >= 15 is 0 Å². The minimum absolute atomic E-state index is 0.102. The summed E-state index contributed by atoms with van der Waals surface area (Å²) in [5, 5.41) is 9.21. The van der Waals surface area contributed by atoms with E-state index < -0.39 is 18.0 Å². The van der Waals surface area contributed by atoms with Crippen LogP contribution in [0.4, 0.5) is 0 Å². The third kappa shape index (κ3) is 3.09. The van der Waals surface area contributed by atoms with Crippen molar-refractivity contribution in [3.63, 3.8) is 0 Å². The number of methoxy groups -OCH3 is 1. The molecular weight excluding hydrogens is 222 g/mol. The molecule has 1 heterocycles. The average molecular weight is 239 g/mol.